The first-order chi connectivity index (χ1) is 18.2. The van der Waals surface area contributed by atoms with Gasteiger partial charge in [-0.05, 0) is 30.4 Å². The SMILES string of the molecule is C=CC(=O)N1C[C@@H](Cn2nc(C#Cc3cc4c(cc3F)ncn4C(F)F)c(C(N)=O)c2NC)C[C@@H]1COC. The Morgan fingerprint density at radius 1 is 1.37 bits per heavy atom. The minimum atomic E-state index is -2.86. The van der Waals surface area contributed by atoms with E-state index in [1.54, 1.807) is 19.1 Å². The Morgan fingerprint density at radius 3 is 2.76 bits per heavy atom. The highest BCUT2D eigenvalue weighted by atomic mass is 19.3. The highest BCUT2D eigenvalue weighted by Crippen LogP contribution is 2.28. The normalized spacial score (nSPS) is 17.1. The Bertz CT molecular complexity index is 1450. The predicted molar refractivity (Wildman–Crippen MR) is 133 cm³/mol. The summed E-state index contributed by atoms with van der Waals surface area (Å²) in [4.78, 5) is 30.1. The molecule has 3 N–H and O–H groups in total. The van der Waals surface area contributed by atoms with Gasteiger partial charge in [0.05, 0.1) is 29.2 Å². The van der Waals surface area contributed by atoms with E-state index in [1.807, 2.05) is 0 Å². The number of halogens is 3. The number of amides is 2. The van der Waals surface area contributed by atoms with Gasteiger partial charge < -0.3 is 20.7 Å². The van der Waals surface area contributed by atoms with Crippen molar-refractivity contribution >= 4 is 28.7 Å². The molecule has 10 nitrogen and oxygen atoms in total. The van der Waals surface area contributed by atoms with Crippen LogP contribution in [-0.2, 0) is 16.1 Å². The molecule has 0 saturated carbocycles. The Labute approximate surface area is 216 Å². The number of hydrogen-bond acceptors (Lipinski definition) is 6. The molecule has 38 heavy (non-hydrogen) atoms. The average molecular weight is 530 g/mol. The molecule has 200 valence electrons. The van der Waals surface area contributed by atoms with Crippen LogP contribution in [-0.4, -0.2) is 69.4 Å². The van der Waals surface area contributed by atoms with E-state index in [9.17, 15) is 22.8 Å². The van der Waals surface area contributed by atoms with Gasteiger partial charge in [-0.2, -0.15) is 13.9 Å². The minimum absolute atomic E-state index is 0.00423. The van der Waals surface area contributed by atoms with Crippen LogP contribution < -0.4 is 11.1 Å². The van der Waals surface area contributed by atoms with E-state index in [0.29, 0.717) is 36.5 Å². The second kappa shape index (κ2) is 11.0. The number of nitrogens with one attached hydrogen (secondary N) is 1. The molecule has 3 aromatic rings. The van der Waals surface area contributed by atoms with Gasteiger partial charge in [0.25, 0.3) is 5.91 Å². The Balaban J connectivity index is 1.68. The second-order valence-corrected chi connectivity index (χ2v) is 8.77. The number of hydrogen-bond donors (Lipinski definition) is 2. The van der Waals surface area contributed by atoms with Crippen LogP contribution in [0.4, 0.5) is 19.0 Å². The first kappa shape index (κ1) is 26.7. The van der Waals surface area contributed by atoms with Crippen molar-refractivity contribution in [2.75, 3.05) is 32.6 Å². The molecule has 3 heterocycles. The number of ether oxygens (including phenoxy) is 1. The summed E-state index contributed by atoms with van der Waals surface area (Å²) in [6.45, 7) is 1.81. The number of imidazole rings is 1. The monoisotopic (exact) mass is 529 g/mol. The number of aromatic nitrogens is 4. The fourth-order valence-electron chi connectivity index (χ4n) is 4.72. The van der Waals surface area contributed by atoms with E-state index in [-0.39, 0.29) is 45.7 Å². The second-order valence-electron chi connectivity index (χ2n) is 8.77. The predicted octanol–water partition coefficient (Wildman–Crippen LogP) is 2.36. The van der Waals surface area contributed by atoms with Gasteiger partial charge in [0.2, 0.25) is 5.91 Å². The van der Waals surface area contributed by atoms with Gasteiger partial charge in [-0.3, -0.25) is 14.2 Å². The van der Waals surface area contributed by atoms with Crippen molar-refractivity contribution in [1.29, 1.82) is 0 Å². The maximum Gasteiger partial charge on any atom is 0.320 e. The zero-order valence-electron chi connectivity index (χ0n) is 20.7. The summed E-state index contributed by atoms with van der Waals surface area (Å²) >= 11 is 0. The summed E-state index contributed by atoms with van der Waals surface area (Å²) in [6.07, 6.45) is 2.80. The highest BCUT2D eigenvalue weighted by molar-refractivity contribution is 6.00. The molecule has 2 aromatic heterocycles. The van der Waals surface area contributed by atoms with Crippen molar-refractivity contribution < 1.29 is 27.5 Å². The zero-order valence-corrected chi connectivity index (χ0v) is 20.7. The van der Waals surface area contributed by atoms with Gasteiger partial charge in [-0.1, -0.05) is 12.5 Å². The number of anilines is 1. The van der Waals surface area contributed by atoms with E-state index >= 15 is 0 Å². The fraction of sp³-hybridized carbons (Fsp3) is 0.360. The first-order valence-electron chi connectivity index (χ1n) is 11.6. The third kappa shape index (κ3) is 5.08. The van der Waals surface area contributed by atoms with Gasteiger partial charge in [0, 0.05) is 33.3 Å². The van der Waals surface area contributed by atoms with E-state index in [4.69, 9.17) is 10.5 Å². The van der Waals surface area contributed by atoms with E-state index in [0.717, 1.165) is 18.5 Å². The smallest absolute Gasteiger partial charge is 0.320 e. The van der Waals surface area contributed by atoms with Crippen LogP contribution in [0.3, 0.4) is 0 Å². The number of benzene rings is 1. The van der Waals surface area contributed by atoms with Gasteiger partial charge in [0.15, 0.2) is 5.69 Å². The number of primary amides is 1. The fourth-order valence-corrected chi connectivity index (χ4v) is 4.72. The van der Waals surface area contributed by atoms with Crippen molar-refractivity contribution in [2.24, 2.45) is 11.7 Å². The third-order valence-corrected chi connectivity index (χ3v) is 6.37. The van der Waals surface area contributed by atoms with Crippen LogP contribution in [0.1, 0.15) is 34.6 Å². The van der Waals surface area contributed by atoms with Crippen LogP contribution in [0, 0.1) is 23.6 Å². The van der Waals surface area contributed by atoms with E-state index < -0.39 is 18.3 Å². The van der Waals surface area contributed by atoms with Crippen molar-refractivity contribution in [3.05, 3.63) is 53.8 Å². The summed E-state index contributed by atoms with van der Waals surface area (Å²) in [5.74, 6) is 3.76. The van der Waals surface area contributed by atoms with Crippen molar-refractivity contribution in [3.8, 4) is 11.8 Å². The number of nitrogens with zero attached hydrogens (tertiary/aromatic N) is 5. The summed E-state index contributed by atoms with van der Waals surface area (Å²) in [6, 6.07) is 2.03. The maximum absolute atomic E-state index is 14.6. The third-order valence-electron chi connectivity index (χ3n) is 6.37. The number of methoxy groups -OCH3 is 1. The molecule has 1 fully saturated rings. The van der Waals surface area contributed by atoms with Crippen LogP contribution in [0.15, 0.2) is 31.1 Å². The molecule has 0 spiro atoms. The van der Waals surface area contributed by atoms with Crippen LogP contribution >= 0.6 is 0 Å². The van der Waals surface area contributed by atoms with Crippen LogP contribution in [0.2, 0.25) is 0 Å². The minimum Gasteiger partial charge on any atom is -0.383 e. The number of nitrogens with two attached hydrogens (primary N) is 1. The van der Waals surface area contributed by atoms with Crippen molar-refractivity contribution in [2.45, 2.75) is 25.6 Å². The van der Waals surface area contributed by atoms with Crippen LogP contribution in [0.5, 0.6) is 0 Å². The van der Waals surface area contributed by atoms with Crippen LogP contribution in [0.25, 0.3) is 11.0 Å². The number of rotatable bonds is 8. The van der Waals surface area contributed by atoms with Crippen molar-refractivity contribution in [3.63, 3.8) is 0 Å². The molecule has 0 unspecified atom stereocenters. The van der Waals surface area contributed by atoms with E-state index in [1.165, 1.54) is 10.8 Å². The Kier molecular flexibility index (Phi) is 7.72. The molecule has 2 amide bonds. The lowest BCUT2D eigenvalue weighted by Crippen LogP contribution is -2.37. The van der Waals surface area contributed by atoms with E-state index in [2.05, 4.69) is 33.8 Å². The molecule has 0 aliphatic carbocycles. The maximum atomic E-state index is 14.6. The molecule has 2 atom stereocenters. The Morgan fingerprint density at radius 2 is 2.13 bits per heavy atom. The molecule has 1 aliphatic heterocycles. The lowest BCUT2D eigenvalue weighted by Gasteiger charge is -2.22. The van der Waals surface area contributed by atoms with Gasteiger partial charge in [-0.15, -0.1) is 0 Å². The highest BCUT2D eigenvalue weighted by Gasteiger charge is 2.35. The number of fused-ring (bicyclic) bond motifs is 1. The first-order valence-corrected chi connectivity index (χ1v) is 11.6. The molecule has 1 aliphatic rings. The summed E-state index contributed by atoms with van der Waals surface area (Å²) < 4.78 is 48.5. The molecule has 4 rings (SSSR count). The summed E-state index contributed by atoms with van der Waals surface area (Å²) in [5, 5.41) is 7.35. The number of likely N-dealkylation sites (tertiary alicyclic amines) is 1. The molecule has 1 saturated heterocycles. The topological polar surface area (TPSA) is 120 Å². The largest absolute Gasteiger partial charge is 0.383 e. The molecule has 0 radical (unpaired) electrons. The summed E-state index contributed by atoms with van der Waals surface area (Å²) in [7, 11) is 3.15. The standard InChI is InChI=1S/C25H26F3N7O3/c1-4-21(36)33-10-14(7-16(33)12-38-3)11-35-24(30-2)22(23(29)37)18(32-35)6-5-15-8-20-19(9-17(15)26)31-13-34(20)25(27)28/h4,8-9,13-14,16,25,30H,1,7,10-12H2,2-3H3,(H2,29,37)/t14-,16+/m0/s1. The van der Waals surface area contributed by atoms with Gasteiger partial charge in [0.1, 0.15) is 23.5 Å². The molecular formula is C25H26F3N7O3. The molecular weight excluding hydrogens is 503 g/mol. The number of alkyl halides is 2. The Hall–Kier alpha value is -4.31. The quantitative estimate of drug-likeness (QED) is 0.342. The van der Waals surface area contributed by atoms with Gasteiger partial charge >= 0.3 is 6.55 Å². The lowest BCUT2D eigenvalue weighted by atomic mass is 10.1. The van der Waals surface area contributed by atoms with Crippen molar-refractivity contribution in [1.82, 2.24) is 24.2 Å². The molecule has 1 aromatic carbocycles. The van der Waals surface area contributed by atoms with Gasteiger partial charge in [-0.25, -0.2) is 14.1 Å². The molecule has 13 heteroatoms. The summed E-state index contributed by atoms with van der Waals surface area (Å²) in [5.41, 5.74) is 5.51. The lowest BCUT2D eigenvalue weighted by molar-refractivity contribution is -0.127. The zero-order chi connectivity index (χ0) is 27.6. The number of carbonyl (C=O) groups excluding carboxylic acids is 2. The molecule has 0 bridgehead atoms. The number of carbonyl (C=O) groups is 2. The average Bonchev–Trinajstić information content (AvgIpc) is 3.57.